The summed E-state index contributed by atoms with van der Waals surface area (Å²) in [4.78, 5) is 2.45. The van der Waals surface area contributed by atoms with E-state index in [1.165, 1.54) is 32.2 Å². The Kier molecular flexibility index (Phi) is 5.87. The van der Waals surface area contributed by atoms with Gasteiger partial charge in [-0.2, -0.15) is 0 Å². The fourth-order valence-electron chi connectivity index (χ4n) is 1.52. The molecule has 0 atom stereocenters. The van der Waals surface area contributed by atoms with Gasteiger partial charge in [0.15, 0.2) is 0 Å². The first-order chi connectivity index (χ1) is 6.63. The van der Waals surface area contributed by atoms with Gasteiger partial charge in [-0.1, -0.05) is 33.6 Å². The summed E-state index contributed by atoms with van der Waals surface area (Å²) in [6.07, 6.45) is 5.44. The molecule has 0 bridgehead atoms. The predicted molar refractivity (Wildman–Crippen MR) is 70.3 cm³/mol. The summed E-state index contributed by atoms with van der Waals surface area (Å²) in [6, 6.07) is 0. The third kappa shape index (κ3) is 8.92. The van der Waals surface area contributed by atoms with Crippen molar-refractivity contribution >= 4 is 0 Å². The van der Waals surface area contributed by atoms with Crippen molar-refractivity contribution < 1.29 is 0 Å². The van der Waals surface area contributed by atoms with Gasteiger partial charge in [0.1, 0.15) is 0 Å². The van der Waals surface area contributed by atoms with E-state index in [2.05, 4.69) is 53.5 Å². The lowest BCUT2D eigenvalue weighted by Gasteiger charge is -2.31. The number of hydrogen-bond donors (Lipinski definition) is 0. The van der Waals surface area contributed by atoms with Crippen molar-refractivity contribution in [2.24, 2.45) is 5.41 Å². The van der Waals surface area contributed by atoms with E-state index in [1.54, 1.807) is 0 Å². The zero-order chi connectivity index (χ0) is 12.1. The van der Waals surface area contributed by atoms with E-state index < -0.39 is 0 Å². The van der Waals surface area contributed by atoms with Crippen LogP contribution in [0.25, 0.3) is 0 Å². The molecule has 0 aromatic carbocycles. The zero-order valence-corrected chi connectivity index (χ0v) is 12.0. The molecule has 0 aliphatic rings. The van der Waals surface area contributed by atoms with Crippen molar-refractivity contribution in [2.45, 2.75) is 72.8 Å². The molecule has 0 unspecified atom stereocenters. The van der Waals surface area contributed by atoms with Crippen LogP contribution in [-0.2, 0) is 0 Å². The van der Waals surface area contributed by atoms with Crippen LogP contribution in [0.4, 0.5) is 0 Å². The zero-order valence-electron chi connectivity index (χ0n) is 12.0. The normalized spacial score (nSPS) is 13.6. The van der Waals surface area contributed by atoms with E-state index in [0.29, 0.717) is 11.0 Å². The minimum absolute atomic E-state index is 0.323. The highest BCUT2D eigenvalue weighted by atomic mass is 15.1. The van der Waals surface area contributed by atoms with Crippen LogP contribution in [0.5, 0.6) is 0 Å². The average molecular weight is 213 g/mol. The minimum Gasteiger partial charge on any atom is -0.302 e. The summed E-state index contributed by atoms with van der Waals surface area (Å²) >= 11 is 0. The monoisotopic (exact) mass is 213 g/mol. The van der Waals surface area contributed by atoms with Gasteiger partial charge < -0.3 is 4.90 Å². The van der Waals surface area contributed by atoms with Crippen molar-refractivity contribution in [3.63, 3.8) is 0 Å². The molecule has 0 aliphatic heterocycles. The second-order valence-corrected chi connectivity index (χ2v) is 6.96. The van der Waals surface area contributed by atoms with Gasteiger partial charge >= 0.3 is 0 Å². The lowest BCUT2D eigenvalue weighted by Crippen LogP contribution is -2.38. The Bertz CT molecular complexity index is 159. The van der Waals surface area contributed by atoms with Crippen LogP contribution >= 0.6 is 0 Å². The van der Waals surface area contributed by atoms with Gasteiger partial charge in [0.2, 0.25) is 0 Å². The van der Waals surface area contributed by atoms with Crippen LogP contribution in [0.1, 0.15) is 67.2 Å². The van der Waals surface area contributed by atoms with Crippen LogP contribution in [0, 0.1) is 5.41 Å². The van der Waals surface area contributed by atoms with Gasteiger partial charge in [-0.05, 0) is 52.6 Å². The second kappa shape index (κ2) is 5.89. The van der Waals surface area contributed by atoms with Crippen molar-refractivity contribution in [1.82, 2.24) is 4.90 Å². The van der Waals surface area contributed by atoms with E-state index in [0.717, 1.165) is 0 Å². The maximum atomic E-state index is 2.45. The Morgan fingerprint density at radius 1 is 0.800 bits per heavy atom. The van der Waals surface area contributed by atoms with Crippen molar-refractivity contribution in [3.05, 3.63) is 0 Å². The van der Waals surface area contributed by atoms with Crippen LogP contribution < -0.4 is 0 Å². The minimum atomic E-state index is 0.323. The Morgan fingerprint density at radius 3 is 1.73 bits per heavy atom. The summed E-state index contributed by atoms with van der Waals surface area (Å²) < 4.78 is 0. The van der Waals surface area contributed by atoms with Gasteiger partial charge in [-0.3, -0.25) is 0 Å². The Morgan fingerprint density at radius 2 is 1.33 bits per heavy atom. The second-order valence-electron chi connectivity index (χ2n) is 6.96. The summed E-state index contributed by atoms with van der Waals surface area (Å²) in [6.45, 7) is 15.1. The number of rotatable bonds is 5. The average Bonchev–Trinajstić information content (AvgIpc) is 1.99. The van der Waals surface area contributed by atoms with Gasteiger partial charge in [-0.25, -0.2) is 0 Å². The SMILES string of the molecule is CN(CCCCCC(C)(C)C)C(C)(C)C. The van der Waals surface area contributed by atoms with E-state index in [-0.39, 0.29) is 0 Å². The molecule has 92 valence electrons. The molecule has 0 spiro atoms. The molecule has 0 amide bonds. The van der Waals surface area contributed by atoms with Gasteiger partial charge in [0, 0.05) is 5.54 Å². The van der Waals surface area contributed by atoms with E-state index in [4.69, 9.17) is 0 Å². The topological polar surface area (TPSA) is 3.24 Å². The maximum Gasteiger partial charge on any atom is 0.0122 e. The molecule has 0 heterocycles. The molecule has 0 aliphatic carbocycles. The molecule has 0 saturated carbocycles. The Hall–Kier alpha value is -0.0400. The molecular formula is C14H31N. The fraction of sp³-hybridized carbons (Fsp3) is 1.00. The van der Waals surface area contributed by atoms with E-state index in [9.17, 15) is 0 Å². The largest absolute Gasteiger partial charge is 0.302 e. The summed E-state index contributed by atoms with van der Waals surface area (Å²) in [5.41, 5.74) is 0.833. The third-order valence-electron chi connectivity index (χ3n) is 3.07. The van der Waals surface area contributed by atoms with E-state index >= 15 is 0 Å². The number of hydrogen-bond acceptors (Lipinski definition) is 1. The predicted octanol–water partition coefficient (Wildman–Crippen LogP) is 4.32. The van der Waals surface area contributed by atoms with Gasteiger partial charge in [-0.15, -0.1) is 0 Å². The molecule has 0 rings (SSSR count). The lowest BCUT2D eigenvalue weighted by atomic mass is 9.89. The van der Waals surface area contributed by atoms with Crippen molar-refractivity contribution in [2.75, 3.05) is 13.6 Å². The highest BCUT2D eigenvalue weighted by molar-refractivity contribution is 4.72. The Labute approximate surface area is 97.2 Å². The summed E-state index contributed by atoms with van der Waals surface area (Å²) in [5, 5.41) is 0. The smallest absolute Gasteiger partial charge is 0.0122 e. The number of unbranched alkanes of at least 4 members (excludes halogenated alkanes) is 2. The first-order valence-corrected chi connectivity index (χ1v) is 6.34. The standard InChI is InChI=1S/C14H31N/c1-13(2,3)11-9-8-10-12-15(7)14(4,5)6/h8-12H2,1-7H3. The molecule has 0 fully saturated rings. The summed E-state index contributed by atoms with van der Waals surface area (Å²) in [7, 11) is 2.23. The summed E-state index contributed by atoms with van der Waals surface area (Å²) in [5.74, 6) is 0. The van der Waals surface area contributed by atoms with Crippen LogP contribution in [0.2, 0.25) is 0 Å². The van der Waals surface area contributed by atoms with Crippen molar-refractivity contribution in [3.8, 4) is 0 Å². The maximum absolute atomic E-state index is 2.45. The molecule has 15 heavy (non-hydrogen) atoms. The molecule has 0 aromatic heterocycles. The van der Waals surface area contributed by atoms with Gasteiger partial charge in [0.25, 0.3) is 0 Å². The number of nitrogens with zero attached hydrogens (tertiary/aromatic N) is 1. The van der Waals surface area contributed by atoms with Crippen molar-refractivity contribution in [1.29, 1.82) is 0 Å². The van der Waals surface area contributed by atoms with Crippen LogP contribution in [0.3, 0.4) is 0 Å². The first-order valence-electron chi connectivity index (χ1n) is 6.34. The third-order valence-corrected chi connectivity index (χ3v) is 3.07. The molecule has 0 N–H and O–H groups in total. The lowest BCUT2D eigenvalue weighted by molar-refractivity contribution is 0.171. The molecular weight excluding hydrogens is 182 g/mol. The molecule has 0 aromatic rings. The first kappa shape index (κ1) is 15.0. The van der Waals surface area contributed by atoms with Crippen LogP contribution in [-0.4, -0.2) is 24.0 Å². The quantitative estimate of drug-likeness (QED) is 0.615. The molecule has 1 heteroatoms. The Balaban J connectivity index is 3.48. The highest BCUT2D eigenvalue weighted by Gasteiger charge is 2.16. The molecule has 0 radical (unpaired) electrons. The molecule has 0 saturated heterocycles. The van der Waals surface area contributed by atoms with Gasteiger partial charge in [0.05, 0.1) is 0 Å². The molecule has 1 nitrogen and oxygen atoms in total. The highest BCUT2D eigenvalue weighted by Crippen LogP contribution is 2.22. The van der Waals surface area contributed by atoms with Crippen LogP contribution in [0.15, 0.2) is 0 Å². The fourth-order valence-corrected chi connectivity index (χ4v) is 1.52. The van der Waals surface area contributed by atoms with E-state index in [1.807, 2.05) is 0 Å².